The first kappa shape index (κ1) is 14.3. The number of hydrogen-bond donors (Lipinski definition) is 0. The lowest BCUT2D eigenvalue weighted by atomic mass is 10.0. The highest BCUT2D eigenvalue weighted by molar-refractivity contribution is 9.10. The van der Waals surface area contributed by atoms with Crippen molar-refractivity contribution in [2.45, 2.75) is 32.3 Å². The second-order valence-corrected chi connectivity index (χ2v) is 4.81. The van der Waals surface area contributed by atoms with Crippen LogP contribution in [-0.2, 0) is 16.0 Å². The van der Waals surface area contributed by atoms with Crippen molar-refractivity contribution in [3.8, 4) is 0 Å². The van der Waals surface area contributed by atoms with Crippen LogP contribution < -0.4 is 0 Å². The SMILES string of the molecule is CCCC(OC)C(=O)Cc1ccc(Br)cc1F. The number of carbonyl (C=O) groups excluding carboxylic acids is 1. The lowest BCUT2D eigenvalue weighted by molar-refractivity contribution is -0.128. The smallest absolute Gasteiger partial charge is 0.165 e. The Morgan fingerprint density at radius 1 is 1.53 bits per heavy atom. The van der Waals surface area contributed by atoms with E-state index in [1.807, 2.05) is 6.92 Å². The van der Waals surface area contributed by atoms with Gasteiger partial charge in [0.05, 0.1) is 0 Å². The van der Waals surface area contributed by atoms with Gasteiger partial charge in [-0.25, -0.2) is 4.39 Å². The van der Waals surface area contributed by atoms with E-state index in [0.29, 0.717) is 16.5 Å². The molecule has 0 aliphatic heterocycles. The third-order valence-electron chi connectivity index (χ3n) is 2.57. The van der Waals surface area contributed by atoms with Gasteiger partial charge in [0.25, 0.3) is 0 Å². The number of methoxy groups -OCH3 is 1. The summed E-state index contributed by atoms with van der Waals surface area (Å²) in [5.41, 5.74) is 0.413. The number of ketones is 1. The third-order valence-corrected chi connectivity index (χ3v) is 3.07. The monoisotopic (exact) mass is 302 g/mol. The maximum atomic E-state index is 13.5. The molecular formula is C13H16BrFO2. The predicted octanol–water partition coefficient (Wildman–Crippen LogP) is 3.51. The van der Waals surface area contributed by atoms with Crippen LogP contribution in [0.5, 0.6) is 0 Å². The lowest BCUT2D eigenvalue weighted by Gasteiger charge is -2.13. The van der Waals surface area contributed by atoms with Crippen LogP contribution >= 0.6 is 15.9 Å². The summed E-state index contributed by atoms with van der Waals surface area (Å²) >= 11 is 3.18. The molecule has 0 heterocycles. The minimum atomic E-state index is -0.428. The van der Waals surface area contributed by atoms with E-state index in [1.165, 1.54) is 13.2 Å². The summed E-state index contributed by atoms with van der Waals surface area (Å²) in [7, 11) is 1.51. The fourth-order valence-corrected chi connectivity index (χ4v) is 1.97. The molecule has 1 aromatic rings. The minimum absolute atomic E-state index is 0.0735. The predicted molar refractivity (Wildman–Crippen MR) is 68.5 cm³/mol. The average Bonchev–Trinajstić information content (AvgIpc) is 2.29. The van der Waals surface area contributed by atoms with E-state index < -0.39 is 6.10 Å². The molecule has 1 atom stereocenters. The number of hydrogen-bond acceptors (Lipinski definition) is 2. The van der Waals surface area contributed by atoms with E-state index in [1.54, 1.807) is 12.1 Å². The van der Waals surface area contributed by atoms with Gasteiger partial charge in [-0.15, -0.1) is 0 Å². The molecule has 0 N–H and O–H groups in total. The number of Topliss-reactive ketones (excluding diaryl/α,β-unsaturated/α-hetero) is 1. The highest BCUT2D eigenvalue weighted by Crippen LogP contribution is 2.17. The van der Waals surface area contributed by atoms with Gasteiger partial charge in [-0.2, -0.15) is 0 Å². The first-order valence-electron chi connectivity index (χ1n) is 5.58. The normalized spacial score (nSPS) is 12.5. The van der Waals surface area contributed by atoms with Gasteiger partial charge < -0.3 is 4.74 Å². The molecule has 0 saturated carbocycles. The van der Waals surface area contributed by atoms with E-state index in [-0.39, 0.29) is 18.0 Å². The number of carbonyl (C=O) groups is 1. The average molecular weight is 303 g/mol. The summed E-state index contributed by atoms with van der Waals surface area (Å²) in [6.07, 6.45) is 1.20. The van der Waals surface area contributed by atoms with Crippen LogP contribution in [-0.4, -0.2) is 19.0 Å². The van der Waals surface area contributed by atoms with E-state index in [2.05, 4.69) is 15.9 Å². The van der Waals surface area contributed by atoms with Crippen molar-refractivity contribution in [2.24, 2.45) is 0 Å². The van der Waals surface area contributed by atoms with Gasteiger partial charge >= 0.3 is 0 Å². The summed E-state index contributed by atoms with van der Waals surface area (Å²) < 4.78 is 19.3. The Labute approximate surface area is 109 Å². The van der Waals surface area contributed by atoms with E-state index in [4.69, 9.17) is 4.74 Å². The Bertz CT molecular complexity index is 393. The molecule has 0 fully saturated rings. The zero-order valence-corrected chi connectivity index (χ0v) is 11.6. The quantitative estimate of drug-likeness (QED) is 0.804. The standard InChI is InChI=1S/C13H16BrFO2/c1-3-4-13(17-2)12(16)7-9-5-6-10(14)8-11(9)15/h5-6,8,13H,3-4,7H2,1-2H3. The highest BCUT2D eigenvalue weighted by Gasteiger charge is 2.18. The summed E-state index contributed by atoms with van der Waals surface area (Å²) in [6, 6.07) is 4.72. The van der Waals surface area contributed by atoms with Crippen molar-refractivity contribution in [3.05, 3.63) is 34.1 Å². The Morgan fingerprint density at radius 3 is 2.76 bits per heavy atom. The van der Waals surface area contributed by atoms with Crippen molar-refractivity contribution in [1.82, 2.24) is 0 Å². The second kappa shape index (κ2) is 6.87. The van der Waals surface area contributed by atoms with Gasteiger partial charge in [0.15, 0.2) is 5.78 Å². The molecule has 1 unspecified atom stereocenters. The fourth-order valence-electron chi connectivity index (χ4n) is 1.64. The molecule has 0 amide bonds. The summed E-state index contributed by atoms with van der Waals surface area (Å²) in [4.78, 5) is 11.9. The molecule has 1 rings (SSSR count). The van der Waals surface area contributed by atoms with Crippen molar-refractivity contribution < 1.29 is 13.9 Å². The molecule has 0 saturated heterocycles. The molecule has 0 aliphatic carbocycles. The molecular weight excluding hydrogens is 287 g/mol. The first-order valence-corrected chi connectivity index (χ1v) is 6.37. The fraction of sp³-hybridized carbons (Fsp3) is 0.462. The van der Waals surface area contributed by atoms with E-state index in [9.17, 15) is 9.18 Å². The molecule has 0 radical (unpaired) electrons. The van der Waals surface area contributed by atoms with Crippen molar-refractivity contribution in [3.63, 3.8) is 0 Å². The van der Waals surface area contributed by atoms with Gasteiger partial charge in [0, 0.05) is 18.0 Å². The molecule has 0 aromatic heterocycles. The Hall–Kier alpha value is -0.740. The maximum Gasteiger partial charge on any atom is 0.165 e. The van der Waals surface area contributed by atoms with Crippen LogP contribution in [0.1, 0.15) is 25.3 Å². The van der Waals surface area contributed by atoms with Crippen LogP contribution in [0.4, 0.5) is 4.39 Å². The Kier molecular flexibility index (Phi) is 5.78. The van der Waals surface area contributed by atoms with Crippen LogP contribution in [0.25, 0.3) is 0 Å². The Balaban J connectivity index is 2.73. The number of benzene rings is 1. The third kappa shape index (κ3) is 4.21. The van der Waals surface area contributed by atoms with E-state index in [0.717, 1.165) is 6.42 Å². The zero-order chi connectivity index (χ0) is 12.8. The lowest BCUT2D eigenvalue weighted by Crippen LogP contribution is -2.24. The molecule has 2 nitrogen and oxygen atoms in total. The largest absolute Gasteiger partial charge is 0.374 e. The van der Waals surface area contributed by atoms with Gasteiger partial charge in [-0.1, -0.05) is 35.3 Å². The van der Waals surface area contributed by atoms with Gasteiger partial charge in [0.2, 0.25) is 0 Å². The molecule has 0 aliphatic rings. The van der Waals surface area contributed by atoms with E-state index >= 15 is 0 Å². The molecule has 17 heavy (non-hydrogen) atoms. The maximum absolute atomic E-state index is 13.5. The first-order chi connectivity index (χ1) is 8.08. The summed E-state index contributed by atoms with van der Waals surface area (Å²) in [5, 5.41) is 0. The van der Waals surface area contributed by atoms with Crippen LogP contribution in [0.3, 0.4) is 0 Å². The molecule has 1 aromatic carbocycles. The molecule has 94 valence electrons. The summed E-state index contributed by atoms with van der Waals surface area (Å²) in [5.74, 6) is -0.436. The molecule has 0 spiro atoms. The molecule has 0 bridgehead atoms. The second-order valence-electron chi connectivity index (χ2n) is 3.89. The topological polar surface area (TPSA) is 26.3 Å². The highest BCUT2D eigenvalue weighted by atomic mass is 79.9. The number of rotatable bonds is 6. The summed E-state index contributed by atoms with van der Waals surface area (Å²) in [6.45, 7) is 1.99. The molecule has 4 heteroatoms. The number of ether oxygens (including phenoxy) is 1. The van der Waals surface area contributed by atoms with Gasteiger partial charge in [0.1, 0.15) is 11.9 Å². The van der Waals surface area contributed by atoms with Gasteiger partial charge in [-0.05, 0) is 24.1 Å². The Morgan fingerprint density at radius 2 is 2.24 bits per heavy atom. The number of halogens is 2. The van der Waals surface area contributed by atoms with Crippen molar-refractivity contribution in [1.29, 1.82) is 0 Å². The van der Waals surface area contributed by atoms with Gasteiger partial charge in [-0.3, -0.25) is 4.79 Å². The zero-order valence-electron chi connectivity index (χ0n) is 10.0. The van der Waals surface area contributed by atoms with Crippen LogP contribution in [0, 0.1) is 5.82 Å². The van der Waals surface area contributed by atoms with Crippen molar-refractivity contribution >= 4 is 21.7 Å². The van der Waals surface area contributed by atoms with Crippen LogP contribution in [0.2, 0.25) is 0 Å². The van der Waals surface area contributed by atoms with Crippen molar-refractivity contribution in [2.75, 3.05) is 7.11 Å². The van der Waals surface area contributed by atoms with Crippen LogP contribution in [0.15, 0.2) is 22.7 Å². The minimum Gasteiger partial charge on any atom is -0.374 e.